The number of rotatable bonds is 0. The summed E-state index contributed by atoms with van der Waals surface area (Å²) in [5, 5.41) is 3.58. The molecule has 0 fully saturated rings. The highest BCUT2D eigenvalue weighted by atomic mass is 27.1. The van der Waals surface area contributed by atoms with Gasteiger partial charge in [-0.15, -0.1) is 0 Å². The third kappa shape index (κ3) is 3.34. The molecule has 0 amide bonds. The van der Waals surface area contributed by atoms with Crippen molar-refractivity contribution in [2.45, 2.75) is 19.0 Å². The van der Waals surface area contributed by atoms with E-state index < -0.39 is 33.6 Å². The minimum Gasteiger partial charge on any atom is -0.599 e. The van der Waals surface area contributed by atoms with Crippen LogP contribution in [-0.2, 0) is 9.96 Å². The van der Waals surface area contributed by atoms with Gasteiger partial charge in [0.1, 0.15) is 5.69 Å². The maximum atomic E-state index is 13.1. The lowest BCUT2D eigenvalue weighted by Crippen LogP contribution is -2.21. The predicted octanol–water partition coefficient (Wildman–Crippen LogP) is 3.06. The molecule has 0 spiro atoms. The summed E-state index contributed by atoms with van der Waals surface area (Å²) in [4.78, 5) is 21.1. The van der Waals surface area contributed by atoms with Gasteiger partial charge in [-0.05, 0) is 30.3 Å². The normalized spacial score (nSPS) is 16.4. The van der Waals surface area contributed by atoms with Gasteiger partial charge in [-0.1, -0.05) is 19.1 Å². The van der Waals surface area contributed by atoms with Gasteiger partial charge < -0.3 is 7.45 Å². The van der Waals surface area contributed by atoms with Crippen LogP contribution in [0.15, 0.2) is 42.5 Å². The Morgan fingerprint density at radius 1 is 1.07 bits per heavy atom. The van der Waals surface area contributed by atoms with Gasteiger partial charge in [-0.3, -0.25) is 4.98 Å². The van der Waals surface area contributed by atoms with Gasteiger partial charge in [-0.25, -0.2) is 9.78 Å². The monoisotopic (exact) mass is 387 g/mol. The molecule has 27 heavy (non-hydrogen) atoms. The van der Waals surface area contributed by atoms with Gasteiger partial charge >= 0.3 is 27.9 Å². The zero-order chi connectivity index (χ0) is 19.2. The van der Waals surface area contributed by atoms with E-state index in [-0.39, 0.29) is 17.3 Å². The topological polar surface area (TPSA) is 69.9 Å². The number of aromatic nitrogens is 4. The number of carbonyl (C=O) groups is 1. The SMILES string of the molecule is CC1c2cccc(n2)C(=O)[O][Al][n]2nc(C(F)(F)F)cc2-c2cccc1n2. The number of carbonyl (C=O) groups excluding carboxylic acids is 1. The van der Waals surface area contributed by atoms with Crippen molar-refractivity contribution in [1.29, 1.82) is 0 Å². The average molecular weight is 387 g/mol. The van der Waals surface area contributed by atoms with E-state index in [9.17, 15) is 18.0 Å². The van der Waals surface area contributed by atoms with Gasteiger partial charge in [0.25, 0.3) is 0 Å². The Morgan fingerprint density at radius 2 is 1.70 bits per heavy atom. The molecule has 3 aromatic rings. The van der Waals surface area contributed by atoms with Crippen molar-refractivity contribution in [2.24, 2.45) is 0 Å². The van der Waals surface area contributed by atoms with Crippen LogP contribution in [-0.4, -0.2) is 40.5 Å². The summed E-state index contributed by atoms with van der Waals surface area (Å²) in [6.45, 7) is 1.86. The van der Waals surface area contributed by atoms with E-state index in [1.54, 1.807) is 30.3 Å². The number of hydrogen-bond acceptors (Lipinski definition) is 5. The van der Waals surface area contributed by atoms with Crippen LogP contribution in [0.25, 0.3) is 11.4 Å². The third-order valence-electron chi connectivity index (χ3n) is 4.19. The molecule has 4 heterocycles. The summed E-state index contributed by atoms with van der Waals surface area (Å²) in [6.07, 6.45) is -4.61. The molecule has 4 bridgehead atoms. The fourth-order valence-corrected chi connectivity index (χ4v) is 3.56. The van der Waals surface area contributed by atoms with Gasteiger partial charge in [-0.2, -0.15) is 18.3 Å². The molecule has 1 unspecified atom stereocenters. The molecule has 10 heteroatoms. The van der Waals surface area contributed by atoms with E-state index in [1.807, 2.05) is 6.92 Å². The Balaban J connectivity index is 1.91. The first-order valence-corrected chi connectivity index (χ1v) is 8.97. The molecule has 1 radical (unpaired) electrons. The van der Waals surface area contributed by atoms with Gasteiger partial charge in [0.2, 0.25) is 0 Å². The minimum atomic E-state index is -4.61. The van der Waals surface area contributed by atoms with Gasteiger partial charge in [0.15, 0.2) is 5.69 Å². The maximum absolute atomic E-state index is 13.1. The van der Waals surface area contributed by atoms with Crippen LogP contribution in [0.3, 0.4) is 0 Å². The fraction of sp³-hybridized carbons (Fsp3) is 0.176. The van der Waals surface area contributed by atoms with E-state index in [2.05, 4.69) is 15.1 Å². The smallest absolute Gasteiger partial charge is 0.599 e. The second-order valence-electron chi connectivity index (χ2n) is 5.98. The third-order valence-corrected chi connectivity index (χ3v) is 5.10. The van der Waals surface area contributed by atoms with E-state index >= 15 is 0 Å². The van der Waals surface area contributed by atoms with Crippen LogP contribution in [0.1, 0.15) is 40.4 Å². The molecule has 0 aliphatic carbocycles. The number of alkyl halides is 3. The first kappa shape index (κ1) is 17.7. The largest absolute Gasteiger partial charge is 0.740 e. The molecule has 1 aliphatic rings. The summed E-state index contributed by atoms with van der Waals surface area (Å²) in [5.41, 5.74) is 0.749. The molecule has 6 nitrogen and oxygen atoms in total. The van der Waals surface area contributed by atoms with Crippen molar-refractivity contribution in [1.82, 2.24) is 18.7 Å². The fourth-order valence-electron chi connectivity index (χ4n) is 2.76. The first-order valence-electron chi connectivity index (χ1n) is 7.98. The highest BCUT2D eigenvalue weighted by Crippen LogP contribution is 2.32. The Hall–Kier alpha value is -2.70. The van der Waals surface area contributed by atoms with Crippen molar-refractivity contribution in [3.8, 4) is 11.4 Å². The van der Waals surface area contributed by atoms with Crippen molar-refractivity contribution in [3.05, 3.63) is 65.2 Å². The highest BCUT2D eigenvalue weighted by Gasteiger charge is 2.36. The molecule has 1 atom stereocenters. The van der Waals surface area contributed by atoms with E-state index in [1.165, 1.54) is 6.07 Å². The van der Waals surface area contributed by atoms with Crippen molar-refractivity contribution >= 4 is 21.7 Å². The summed E-state index contributed by atoms with van der Waals surface area (Å²) in [5.74, 6) is -0.964. The standard InChI is InChI=1S/C17H13F3N4O2.Al/c1-9(11-5-3-7-13(22-11)16(25)26)10-4-2-6-12(21-10)14-8-15(24-23-14)17(18,19)20;/h2-9H,1H3,(H2,21,23,24,25,26);/q;+2/p-2. The lowest BCUT2D eigenvalue weighted by molar-refractivity contribution is -0.141. The van der Waals surface area contributed by atoms with E-state index in [0.29, 0.717) is 17.1 Å². The van der Waals surface area contributed by atoms with Crippen LogP contribution in [0.4, 0.5) is 13.2 Å². The lowest BCUT2D eigenvalue weighted by atomic mass is 10.0. The van der Waals surface area contributed by atoms with Gasteiger partial charge in [0, 0.05) is 11.6 Å². The second kappa shape index (κ2) is 6.48. The summed E-state index contributed by atoms with van der Waals surface area (Å²) in [7, 11) is 0. The number of fused-ring (bicyclic) bond motifs is 6. The molecule has 0 aromatic carbocycles. The Labute approximate surface area is 158 Å². The molecule has 3 aromatic heterocycles. The Morgan fingerprint density at radius 3 is 2.37 bits per heavy atom. The molecule has 0 N–H and O–H groups in total. The molecular weight excluding hydrogens is 376 g/mol. The zero-order valence-corrected chi connectivity index (χ0v) is 15.1. The quantitative estimate of drug-likeness (QED) is 0.555. The van der Waals surface area contributed by atoms with Crippen molar-refractivity contribution in [2.75, 3.05) is 0 Å². The van der Waals surface area contributed by atoms with Crippen LogP contribution < -0.4 is 0 Å². The lowest BCUT2D eigenvalue weighted by Gasteiger charge is -2.15. The van der Waals surface area contributed by atoms with E-state index in [0.717, 1.165) is 9.73 Å². The molecular formula is C17H11AlF3N4O2. The van der Waals surface area contributed by atoms with Crippen LogP contribution in [0, 0.1) is 0 Å². The average Bonchev–Trinajstić information content (AvgIpc) is 3.10. The summed E-state index contributed by atoms with van der Waals surface area (Å²) in [6, 6.07) is 10.9. The predicted molar refractivity (Wildman–Crippen MR) is 88.8 cm³/mol. The highest BCUT2D eigenvalue weighted by molar-refractivity contribution is 6.30. The Bertz CT molecular complexity index is 1040. The van der Waals surface area contributed by atoms with Crippen molar-refractivity contribution in [3.63, 3.8) is 0 Å². The Kier molecular flexibility index (Phi) is 4.25. The van der Waals surface area contributed by atoms with Crippen LogP contribution in [0.5, 0.6) is 0 Å². The van der Waals surface area contributed by atoms with E-state index in [4.69, 9.17) is 3.79 Å². The first-order chi connectivity index (χ1) is 12.8. The van der Waals surface area contributed by atoms with Crippen LogP contribution >= 0.6 is 0 Å². The number of halogens is 3. The maximum Gasteiger partial charge on any atom is 0.740 e. The van der Waals surface area contributed by atoms with Crippen molar-refractivity contribution < 1.29 is 21.8 Å². The summed E-state index contributed by atoms with van der Waals surface area (Å²) < 4.78 is 45.6. The second-order valence-corrected chi connectivity index (χ2v) is 6.92. The van der Waals surface area contributed by atoms with Crippen LogP contribution in [0.2, 0.25) is 0 Å². The number of hydrogen-bond donors (Lipinski definition) is 0. The molecule has 4 rings (SSSR count). The minimum absolute atomic E-state index is 0.0910. The molecule has 0 saturated heterocycles. The molecule has 1 aliphatic heterocycles. The zero-order valence-electron chi connectivity index (χ0n) is 13.9. The molecule has 0 saturated carbocycles. The number of nitrogens with zero attached hydrogens (tertiary/aromatic N) is 4. The summed E-state index contributed by atoms with van der Waals surface area (Å²) >= 11 is -1.36. The number of pyridine rings is 2. The van der Waals surface area contributed by atoms with Gasteiger partial charge in [0.05, 0.1) is 17.1 Å². The molecule has 135 valence electrons.